The fourth-order valence-electron chi connectivity index (χ4n) is 3.58. The Morgan fingerprint density at radius 1 is 1.23 bits per heavy atom. The number of Topliss-reactive ketones (excluding diaryl/α,β-unsaturated/α-hetero) is 1. The van der Waals surface area contributed by atoms with Crippen LogP contribution in [0.1, 0.15) is 54.1 Å². The van der Waals surface area contributed by atoms with E-state index in [1.807, 2.05) is 6.07 Å². The zero-order valence-electron chi connectivity index (χ0n) is 14.7. The zero-order chi connectivity index (χ0) is 18.3. The van der Waals surface area contributed by atoms with Gasteiger partial charge in [0.2, 0.25) is 5.78 Å². The Balaban J connectivity index is 1.77. The summed E-state index contributed by atoms with van der Waals surface area (Å²) in [6.45, 7) is 4.23. The number of aromatic nitrogens is 1. The summed E-state index contributed by atoms with van der Waals surface area (Å²) in [6, 6.07) is 7.04. The number of carbonyl (C=O) groups is 2. The normalized spacial score (nSPS) is 20.0. The molecule has 0 fully saturated rings. The average molecular weight is 349 g/mol. The highest BCUT2D eigenvalue weighted by Gasteiger charge is 2.37. The van der Waals surface area contributed by atoms with Crippen molar-refractivity contribution in [2.45, 2.75) is 32.6 Å². The summed E-state index contributed by atoms with van der Waals surface area (Å²) in [4.78, 5) is 28.8. The van der Waals surface area contributed by atoms with Crippen molar-refractivity contribution in [2.75, 3.05) is 0 Å². The Labute approximate surface area is 151 Å². The van der Waals surface area contributed by atoms with E-state index in [-0.39, 0.29) is 23.4 Å². The molecule has 1 aromatic carbocycles. The highest BCUT2D eigenvalue weighted by molar-refractivity contribution is 6.15. The molecule has 5 nitrogen and oxygen atoms in total. The largest absolute Gasteiger partial charge is 0.452 e. The van der Waals surface area contributed by atoms with Crippen LogP contribution in [-0.2, 0) is 4.79 Å². The number of rotatable bonds is 3. The highest BCUT2D eigenvalue weighted by atomic mass is 16.5. The standard InChI is InChI=1S/C21H19NO4/c1-12(2)8-14-10-18(23)25-16-6-5-15-20(24)17(26-21(15)19(14)16)9-13-4-3-7-22-11-13/h3-7,9,11-12,14H,8,10H2,1-2H3/b17-9-. The van der Waals surface area contributed by atoms with Crippen LogP contribution in [0.2, 0.25) is 0 Å². The molecule has 0 radical (unpaired) electrons. The second-order valence-corrected chi connectivity index (χ2v) is 7.08. The van der Waals surface area contributed by atoms with Gasteiger partial charge in [0, 0.05) is 23.9 Å². The molecule has 1 aromatic heterocycles. The smallest absolute Gasteiger partial charge is 0.311 e. The number of ether oxygens (including phenoxy) is 2. The number of fused-ring (bicyclic) bond motifs is 3. The van der Waals surface area contributed by atoms with Crippen LogP contribution in [0.4, 0.5) is 0 Å². The summed E-state index contributed by atoms with van der Waals surface area (Å²) >= 11 is 0. The van der Waals surface area contributed by atoms with Gasteiger partial charge in [-0.1, -0.05) is 19.9 Å². The van der Waals surface area contributed by atoms with E-state index in [0.29, 0.717) is 29.4 Å². The van der Waals surface area contributed by atoms with Gasteiger partial charge in [-0.05, 0) is 42.2 Å². The van der Waals surface area contributed by atoms with Crippen LogP contribution in [-0.4, -0.2) is 16.7 Å². The molecule has 0 N–H and O–H groups in total. The van der Waals surface area contributed by atoms with Crippen LogP contribution in [0.15, 0.2) is 42.4 Å². The van der Waals surface area contributed by atoms with Crippen LogP contribution < -0.4 is 9.47 Å². The first-order valence-electron chi connectivity index (χ1n) is 8.74. The fourth-order valence-corrected chi connectivity index (χ4v) is 3.58. The van der Waals surface area contributed by atoms with Crippen molar-refractivity contribution >= 4 is 17.8 Å². The quantitative estimate of drug-likeness (QED) is 0.473. The first-order chi connectivity index (χ1) is 12.5. The first kappa shape index (κ1) is 16.5. The minimum absolute atomic E-state index is 0.00765. The number of pyridine rings is 1. The molecule has 3 heterocycles. The van der Waals surface area contributed by atoms with Crippen molar-refractivity contribution < 1.29 is 19.1 Å². The summed E-state index contributed by atoms with van der Waals surface area (Å²) in [7, 11) is 0. The third-order valence-electron chi connectivity index (χ3n) is 4.62. The van der Waals surface area contributed by atoms with Crippen molar-refractivity contribution in [2.24, 2.45) is 5.92 Å². The number of hydrogen-bond donors (Lipinski definition) is 0. The molecule has 0 spiro atoms. The molecular formula is C21H19NO4. The lowest BCUT2D eigenvalue weighted by molar-refractivity contribution is -0.136. The molecule has 132 valence electrons. The van der Waals surface area contributed by atoms with Gasteiger partial charge in [0.25, 0.3) is 0 Å². The summed E-state index contributed by atoms with van der Waals surface area (Å²) in [5.74, 6) is 1.30. The van der Waals surface area contributed by atoms with E-state index < -0.39 is 0 Å². The van der Waals surface area contributed by atoms with Crippen molar-refractivity contribution in [3.05, 3.63) is 59.1 Å². The molecule has 2 aliphatic rings. The van der Waals surface area contributed by atoms with E-state index in [1.54, 1.807) is 36.7 Å². The minimum Gasteiger partial charge on any atom is -0.452 e. The first-order valence-corrected chi connectivity index (χ1v) is 8.74. The van der Waals surface area contributed by atoms with E-state index in [2.05, 4.69) is 18.8 Å². The van der Waals surface area contributed by atoms with E-state index in [9.17, 15) is 9.59 Å². The Bertz CT molecular complexity index is 915. The Morgan fingerprint density at radius 2 is 2.08 bits per heavy atom. The summed E-state index contributed by atoms with van der Waals surface area (Å²) in [5, 5.41) is 0. The molecule has 4 rings (SSSR count). The second kappa shape index (κ2) is 6.41. The molecule has 1 atom stereocenters. The molecule has 0 aliphatic carbocycles. The van der Waals surface area contributed by atoms with Gasteiger partial charge in [-0.3, -0.25) is 14.6 Å². The van der Waals surface area contributed by atoms with Gasteiger partial charge in [0.05, 0.1) is 12.0 Å². The summed E-state index contributed by atoms with van der Waals surface area (Å²) in [6.07, 6.45) is 6.17. The predicted octanol–water partition coefficient (Wildman–Crippen LogP) is 4.14. The topological polar surface area (TPSA) is 65.5 Å². The van der Waals surface area contributed by atoms with Gasteiger partial charge in [0.15, 0.2) is 5.76 Å². The Kier molecular flexibility index (Phi) is 4.07. The molecule has 1 unspecified atom stereocenters. The fraction of sp³-hybridized carbons (Fsp3) is 0.286. The van der Waals surface area contributed by atoms with Crippen LogP contribution in [0, 0.1) is 5.92 Å². The van der Waals surface area contributed by atoms with Crippen molar-refractivity contribution in [1.82, 2.24) is 4.98 Å². The van der Waals surface area contributed by atoms with Crippen LogP contribution in [0.3, 0.4) is 0 Å². The Hall–Kier alpha value is -2.95. The molecule has 0 amide bonds. The molecule has 2 aliphatic heterocycles. The van der Waals surface area contributed by atoms with Crippen molar-refractivity contribution in [3.8, 4) is 11.5 Å². The molecule has 0 bridgehead atoms. The van der Waals surface area contributed by atoms with Crippen LogP contribution in [0.25, 0.3) is 6.08 Å². The predicted molar refractivity (Wildman–Crippen MR) is 96.1 cm³/mol. The zero-order valence-corrected chi connectivity index (χ0v) is 14.7. The lowest BCUT2D eigenvalue weighted by Gasteiger charge is -2.27. The number of nitrogens with zero attached hydrogens (tertiary/aromatic N) is 1. The van der Waals surface area contributed by atoms with Crippen molar-refractivity contribution in [1.29, 1.82) is 0 Å². The minimum atomic E-state index is -0.237. The van der Waals surface area contributed by atoms with Gasteiger partial charge in [-0.15, -0.1) is 0 Å². The average Bonchev–Trinajstić information content (AvgIpc) is 2.91. The lowest BCUT2D eigenvalue weighted by atomic mass is 9.84. The summed E-state index contributed by atoms with van der Waals surface area (Å²) in [5.41, 5.74) is 2.15. The van der Waals surface area contributed by atoms with Gasteiger partial charge >= 0.3 is 5.97 Å². The number of benzene rings is 1. The number of ketones is 1. The molecule has 26 heavy (non-hydrogen) atoms. The lowest BCUT2D eigenvalue weighted by Crippen LogP contribution is -2.21. The maximum atomic E-state index is 12.8. The number of allylic oxidation sites excluding steroid dienone is 1. The van der Waals surface area contributed by atoms with Gasteiger partial charge < -0.3 is 9.47 Å². The van der Waals surface area contributed by atoms with E-state index in [1.165, 1.54) is 0 Å². The van der Waals surface area contributed by atoms with Crippen LogP contribution in [0.5, 0.6) is 11.5 Å². The monoisotopic (exact) mass is 349 g/mol. The maximum Gasteiger partial charge on any atom is 0.311 e. The highest BCUT2D eigenvalue weighted by Crippen LogP contribution is 2.48. The van der Waals surface area contributed by atoms with Gasteiger partial charge in [-0.2, -0.15) is 0 Å². The third-order valence-corrected chi connectivity index (χ3v) is 4.62. The van der Waals surface area contributed by atoms with Gasteiger partial charge in [0.1, 0.15) is 11.5 Å². The molecule has 2 aromatic rings. The number of carbonyl (C=O) groups excluding carboxylic acids is 2. The molecule has 0 saturated heterocycles. The second-order valence-electron chi connectivity index (χ2n) is 7.08. The van der Waals surface area contributed by atoms with E-state index in [0.717, 1.165) is 17.5 Å². The molecule has 5 heteroatoms. The maximum absolute atomic E-state index is 12.8. The molecule has 0 saturated carbocycles. The van der Waals surface area contributed by atoms with Gasteiger partial charge in [-0.25, -0.2) is 0 Å². The van der Waals surface area contributed by atoms with E-state index in [4.69, 9.17) is 9.47 Å². The SMILES string of the molecule is CC(C)CC1CC(=O)Oc2ccc3c(c21)O/C(=C\c1cccnc1)C3=O. The molecular weight excluding hydrogens is 330 g/mol. The third kappa shape index (κ3) is 2.90. The summed E-state index contributed by atoms with van der Waals surface area (Å²) < 4.78 is 11.4. The van der Waals surface area contributed by atoms with Crippen molar-refractivity contribution in [3.63, 3.8) is 0 Å². The van der Waals surface area contributed by atoms with Crippen LogP contribution >= 0.6 is 0 Å². The number of esters is 1. The Morgan fingerprint density at radius 3 is 2.81 bits per heavy atom. The number of hydrogen-bond acceptors (Lipinski definition) is 5. The van der Waals surface area contributed by atoms with E-state index >= 15 is 0 Å².